The van der Waals surface area contributed by atoms with E-state index in [0.29, 0.717) is 17.0 Å². The quantitative estimate of drug-likeness (QED) is 0.594. The summed E-state index contributed by atoms with van der Waals surface area (Å²) in [6.07, 6.45) is 0. The number of hydrogen-bond donors (Lipinski definition) is 0. The lowest BCUT2D eigenvalue weighted by Gasteiger charge is -2.19. The molecule has 0 atom stereocenters. The van der Waals surface area contributed by atoms with Crippen molar-refractivity contribution in [1.29, 1.82) is 0 Å². The first-order chi connectivity index (χ1) is 13.4. The number of sulfonamides is 1. The molecule has 3 rings (SSSR count). The molecule has 28 heavy (non-hydrogen) atoms. The maximum Gasteiger partial charge on any atom is 0.264 e. The first-order valence-electron chi connectivity index (χ1n) is 8.51. The average molecular weight is 401 g/mol. The van der Waals surface area contributed by atoms with Gasteiger partial charge in [0, 0.05) is 7.05 Å². The lowest BCUT2D eigenvalue weighted by Crippen LogP contribution is -2.26. The number of methoxy groups -OCH3 is 1. The van der Waals surface area contributed by atoms with Crippen molar-refractivity contribution in [3.63, 3.8) is 0 Å². The maximum atomic E-state index is 13.7. The summed E-state index contributed by atoms with van der Waals surface area (Å²) in [5, 5.41) is 0. The normalized spacial score (nSPS) is 11.1. The molecule has 0 saturated carbocycles. The van der Waals surface area contributed by atoms with E-state index in [4.69, 9.17) is 9.47 Å². The van der Waals surface area contributed by atoms with Crippen molar-refractivity contribution in [2.24, 2.45) is 0 Å². The second kappa shape index (κ2) is 8.31. The Balaban J connectivity index is 1.69. The van der Waals surface area contributed by atoms with Crippen LogP contribution in [-0.4, -0.2) is 22.6 Å². The van der Waals surface area contributed by atoms with Crippen LogP contribution in [-0.2, 0) is 16.6 Å². The Labute approximate surface area is 164 Å². The van der Waals surface area contributed by atoms with E-state index in [1.165, 1.54) is 24.5 Å². The first kappa shape index (κ1) is 19.7. The van der Waals surface area contributed by atoms with E-state index in [0.717, 1.165) is 0 Å². The minimum Gasteiger partial charge on any atom is -0.494 e. The molecular formula is C21H20FNO4S. The van der Waals surface area contributed by atoms with Gasteiger partial charge in [-0.2, -0.15) is 0 Å². The zero-order chi connectivity index (χ0) is 20.1. The van der Waals surface area contributed by atoms with Gasteiger partial charge in [0.1, 0.15) is 12.4 Å². The van der Waals surface area contributed by atoms with E-state index in [1.54, 1.807) is 66.7 Å². The van der Waals surface area contributed by atoms with Gasteiger partial charge in [-0.25, -0.2) is 12.8 Å². The zero-order valence-electron chi connectivity index (χ0n) is 15.5. The minimum absolute atomic E-state index is 0.177. The van der Waals surface area contributed by atoms with Gasteiger partial charge in [-0.3, -0.25) is 4.31 Å². The number of hydrogen-bond acceptors (Lipinski definition) is 4. The van der Waals surface area contributed by atoms with Crippen molar-refractivity contribution in [3.05, 3.63) is 84.2 Å². The SMILES string of the molecule is COc1ccc(COc2ccc(N(C)S(=O)(=O)c3ccccc3)cc2)cc1F. The fraction of sp³-hybridized carbons (Fsp3) is 0.143. The van der Waals surface area contributed by atoms with Gasteiger partial charge in [0.15, 0.2) is 11.6 Å². The minimum atomic E-state index is -3.63. The molecule has 0 saturated heterocycles. The molecule has 0 radical (unpaired) electrons. The van der Waals surface area contributed by atoms with Crippen LogP contribution in [0, 0.1) is 5.82 Å². The molecule has 0 heterocycles. The fourth-order valence-corrected chi connectivity index (χ4v) is 3.82. The highest BCUT2D eigenvalue weighted by Crippen LogP contribution is 2.25. The third kappa shape index (κ3) is 4.26. The van der Waals surface area contributed by atoms with Crippen LogP contribution in [0.15, 0.2) is 77.7 Å². The summed E-state index contributed by atoms with van der Waals surface area (Å²) in [7, 11) is -0.726. The Bertz CT molecular complexity index is 1040. The van der Waals surface area contributed by atoms with Crippen LogP contribution < -0.4 is 13.8 Å². The highest BCUT2D eigenvalue weighted by Gasteiger charge is 2.20. The summed E-state index contributed by atoms with van der Waals surface area (Å²) in [5.74, 6) is 0.271. The standard InChI is InChI=1S/C21H20FNO4S/c1-23(28(24,25)19-6-4-3-5-7-19)17-9-11-18(12-10-17)27-15-16-8-13-21(26-2)20(22)14-16/h3-14H,15H2,1-2H3. The van der Waals surface area contributed by atoms with Crippen LogP contribution in [0.5, 0.6) is 11.5 Å². The van der Waals surface area contributed by atoms with Crippen molar-refractivity contribution in [1.82, 2.24) is 0 Å². The molecule has 0 aromatic heterocycles. The predicted octanol–water partition coefficient (Wildman–Crippen LogP) is 4.24. The Morgan fingerprint density at radius 1 is 0.964 bits per heavy atom. The highest BCUT2D eigenvalue weighted by molar-refractivity contribution is 7.92. The topological polar surface area (TPSA) is 55.8 Å². The lowest BCUT2D eigenvalue weighted by atomic mass is 10.2. The van der Waals surface area contributed by atoms with Crippen LogP contribution in [0.25, 0.3) is 0 Å². The zero-order valence-corrected chi connectivity index (χ0v) is 16.3. The van der Waals surface area contributed by atoms with E-state index in [1.807, 2.05) is 0 Å². The Hall–Kier alpha value is -3.06. The number of benzene rings is 3. The summed E-state index contributed by atoms with van der Waals surface area (Å²) in [6, 6.07) is 19.5. The molecular weight excluding hydrogens is 381 g/mol. The second-order valence-corrected chi connectivity index (χ2v) is 8.01. The first-order valence-corrected chi connectivity index (χ1v) is 9.95. The molecule has 0 aliphatic rings. The Morgan fingerprint density at radius 2 is 1.64 bits per heavy atom. The van der Waals surface area contributed by atoms with Gasteiger partial charge >= 0.3 is 0 Å². The van der Waals surface area contributed by atoms with E-state index in [9.17, 15) is 12.8 Å². The third-order valence-corrected chi connectivity index (χ3v) is 6.02. The predicted molar refractivity (Wildman–Crippen MR) is 106 cm³/mol. The van der Waals surface area contributed by atoms with Gasteiger partial charge in [0.05, 0.1) is 17.7 Å². The van der Waals surface area contributed by atoms with Crippen molar-refractivity contribution in [3.8, 4) is 11.5 Å². The van der Waals surface area contributed by atoms with Crippen molar-refractivity contribution < 1.29 is 22.3 Å². The Kier molecular flexibility index (Phi) is 5.84. The van der Waals surface area contributed by atoms with Gasteiger partial charge in [0.25, 0.3) is 10.0 Å². The largest absolute Gasteiger partial charge is 0.494 e. The molecule has 0 amide bonds. The molecule has 5 nitrogen and oxygen atoms in total. The van der Waals surface area contributed by atoms with E-state index >= 15 is 0 Å². The van der Waals surface area contributed by atoms with Crippen LogP contribution in [0.4, 0.5) is 10.1 Å². The summed E-state index contributed by atoms with van der Waals surface area (Å²) in [6.45, 7) is 0.179. The van der Waals surface area contributed by atoms with E-state index in [2.05, 4.69) is 0 Å². The second-order valence-electron chi connectivity index (χ2n) is 6.04. The van der Waals surface area contributed by atoms with Crippen LogP contribution in [0.1, 0.15) is 5.56 Å². The van der Waals surface area contributed by atoms with Crippen LogP contribution in [0.3, 0.4) is 0 Å². The van der Waals surface area contributed by atoms with Crippen molar-refractivity contribution in [2.45, 2.75) is 11.5 Å². The summed E-state index contributed by atoms with van der Waals surface area (Å²) in [5.41, 5.74) is 1.16. The van der Waals surface area contributed by atoms with Gasteiger partial charge < -0.3 is 9.47 Å². The molecule has 0 N–H and O–H groups in total. The number of anilines is 1. The third-order valence-electron chi connectivity index (χ3n) is 4.22. The summed E-state index contributed by atoms with van der Waals surface area (Å²) >= 11 is 0. The molecule has 0 bridgehead atoms. The molecule has 3 aromatic rings. The van der Waals surface area contributed by atoms with E-state index in [-0.39, 0.29) is 17.3 Å². The van der Waals surface area contributed by atoms with Crippen molar-refractivity contribution >= 4 is 15.7 Å². The molecule has 0 aliphatic heterocycles. The Morgan fingerprint density at radius 3 is 2.25 bits per heavy atom. The molecule has 0 aliphatic carbocycles. The smallest absolute Gasteiger partial charge is 0.264 e. The monoisotopic (exact) mass is 401 g/mol. The molecule has 0 fully saturated rings. The summed E-state index contributed by atoms with van der Waals surface area (Å²) < 4.78 is 50.8. The lowest BCUT2D eigenvalue weighted by molar-refractivity contribution is 0.304. The number of ether oxygens (including phenoxy) is 2. The number of nitrogens with zero attached hydrogens (tertiary/aromatic N) is 1. The van der Waals surface area contributed by atoms with Crippen LogP contribution >= 0.6 is 0 Å². The van der Waals surface area contributed by atoms with Crippen molar-refractivity contribution in [2.75, 3.05) is 18.5 Å². The van der Waals surface area contributed by atoms with Crippen LogP contribution in [0.2, 0.25) is 0 Å². The fourth-order valence-electron chi connectivity index (χ4n) is 2.61. The molecule has 0 unspecified atom stereocenters. The maximum absolute atomic E-state index is 13.7. The van der Waals surface area contributed by atoms with E-state index < -0.39 is 15.8 Å². The highest BCUT2D eigenvalue weighted by atomic mass is 32.2. The average Bonchev–Trinajstić information content (AvgIpc) is 2.73. The number of halogens is 1. The van der Waals surface area contributed by atoms with Gasteiger partial charge in [-0.05, 0) is 54.1 Å². The summed E-state index contributed by atoms with van der Waals surface area (Å²) in [4.78, 5) is 0.222. The van der Waals surface area contributed by atoms with Gasteiger partial charge in [-0.15, -0.1) is 0 Å². The molecule has 0 spiro atoms. The molecule has 146 valence electrons. The van der Waals surface area contributed by atoms with Gasteiger partial charge in [-0.1, -0.05) is 24.3 Å². The van der Waals surface area contributed by atoms with Gasteiger partial charge in [0.2, 0.25) is 0 Å². The number of rotatable bonds is 7. The molecule has 7 heteroatoms. The molecule has 3 aromatic carbocycles.